The molecule has 0 unspecified atom stereocenters. The summed E-state index contributed by atoms with van der Waals surface area (Å²) in [7, 11) is 0.187. The molecule has 1 heterocycles. The van der Waals surface area contributed by atoms with Gasteiger partial charge in [-0.1, -0.05) is 23.2 Å². The maximum atomic E-state index is 13.1. The monoisotopic (exact) mass is 498 g/mol. The Morgan fingerprint density at radius 1 is 1.06 bits per heavy atom. The van der Waals surface area contributed by atoms with Crippen molar-refractivity contribution in [1.29, 1.82) is 0 Å². The van der Waals surface area contributed by atoms with Gasteiger partial charge in [-0.25, -0.2) is 8.42 Å². The summed E-state index contributed by atoms with van der Waals surface area (Å²) in [4.78, 5) is 13.9. The standard InChI is InChI=1S/C21H20Cl2N2O6S/c1-25(12-14-5-4-8-31-14)21(26)13-6-7-15(22)20(9-13)32(27,28)24-17-10-16(23)18(29-2)11-19(17)30-3/h4-11,24H,12H2,1-3H3. The van der Waals surface area contributed by atoms with Gasteiger partial charge >= 0.3 is 0 Å². The van der Waals surface area contributed by atoms with Crippen molar-refractivity contribution in [3.8, 4) is 11.5 Å². The third-order valence-electron chi connectivity index (χ3n) is 4.51. The lowest BCUT2D eigenvalue weighted by Crippen LogP contribution is -2.26. The first-order valence-corrected chi connectivity index (χ1v) is 11.4. The number of hydrogen-bond donors (Lipinski definition) is 1. The van der Waals surface area contributed by atoms with Crippen molar-refractivity contribution in [2.24, 2.45) is 0 Å². The van der Waals surface area contributed by atoms with Crippen molar-refractivity contribution < 1.29 is 27.1 Å². The molecule has 0 aliphatic heterocycles. The van der Waals surface area contributed by atoms with Gasteiger partial charge in [0.1, 0.15) is 22.2 Å². The number of ether oxygens (including phenoxy) is 2. The molecule has 1 amide bonds. The molecule has 0 aliphatic rings. The highest BCUT2D eigenvalue weighted by Gasteiger charge is 2.24. The second-order valence-corrected chi connectivity index (χ2v) is 9.14. The molecule has 3 rings (SSSR count). The van der Waals surface area contributed by atoms with Gasteiger partial charge in [0.15, 0.2) is 0 Å². The van der Waals surface area contributed by atoms with Crippen LogP contribution in [0.25, 0.3) is 0 Å². The van der Waals surface area contributed by atoms with Crippen LogP contribution in [-0.2, 0) is 16.6 Å². The van der Waals surface area contributed by atoms with E-state index in [0.29, 0.717) is 11.5 Å². The van der Waals surface area contributed by atoms with E-state index in [1.165, 1.54) is 55.7 Å². The van der Waals surface area contributed by atoms with Gasteiger partial charge in [-0.3, -0.25) is 9.52 Å². The van der Waals surface area contributed by atoms with Gasteiger partial charge in [-0.2, -0.15) is 0 Å². The summed E-state index contributed by atoms with van der Waals surface area (Å²) in [6.45, 7) is 0.219. The number of nitrogens with zero attached hydrogens (tertiary/aromatic N) is 1. The van der Waals surface area contributed by atoms with Crippen LogP contribution in [0.15, 0.2) is 58.0 Å². The molecule has 1 aromatic heterocycles. The lowest BCUT2D eigenvalue weighted by Gasteiger charge is -2.18. The Bertz CT molecular complexity index is 1230. The van der Waals surface area contributed by atoms with Crippen LogP contribution < -0.4 is 14.2 Å². The summed E-state index contributed by atoms with van der Waals surface area (Å²) in [5.41, 5.74) is 0.226. The number of benzene rings is 2. The van der Waals surface area contributed by atoms with Gasteiger partial charge in [0.2, 0.25) is 0 Å². The number of carbonyl (C=O) groups excluding carboxylic acids is 1. The maximum Gasteiger partial charge on any atom is 0.263 e. The molecular formula is C21H20Cl2N2O6S. The number of rotatable bonds is 8. The minimum atomic E-state index is -4.20. The minimum absolute atomic E-state index is 0.0543. The van der Waals surface area contributed by atoms with Gasteiger partial charge in [0.25, 0.3) is 15.9 Å². The highest BCUT2D eigenvalue weighted by Crippen LogP contribution is 2.37. The van der Waals surface area contributed by atoms with Crippen molar-refractivity contribution in [3.63, 3.8) is 0 Å². The summed E-state index contributed by atoms with van der Waals surface area (Å²) in [5, 5.41) is 0.127. The molecule has 0 saturated carbocycles. The number of furan rings is 1. The molecule has 0 fully saturated rings. The van der Waals surface area contributed by atoms with E-state index in [1.807, 2.05) is 0 Å². The minimum Gasteiger partial charge on any atom is -0.495 e. The Labute approximate surface area is 195 Å². The van der Waals surface area contributed by atoms with Gasteiger partial charge in [0, 0.05) is 18.7 Å². The highest BCUT2D eigenvalue weighted by atomic mass is 35.5. The molecule has 3 aromatic rings. The number of nitrogens with one attached hydrogen (secondary N) is 1. The van der Waals surface area contributed by atoms with E-state index in [2.05, 4.69) is 4.72 Å². The topological polar surface area (TPSA) is 98.1 Å². The first-order valence-electron chi connectivity index (χ1n) is 9.18. The third kappa shape index (κ3) is 5.12. The largest absolute Gasteiger partial charge is 0.495 e. The van der Waals surface area contributed by atoms with E-state index in [1.54, 1.807) is 19.2 Å². The van der Waals surface area contributed by atoms with Crippen LogP contribution in [0, 0.1) is 0 Å². The maximum absolute atomic E-state index is 13.1. The highest BCUT2D eigenvalue weighted by molar-refractivity contribution is 7.92. The Morgan fingerprint density at radius 3 is 2.41 bits per heavy atom. The van der Waals surface area contributed by atoms with E-state index in [0.717, 1.165) is 0 Å². The Kier molecular flexibility index (Phi) is 7.22. The van der Waals surface area contributed by atoms with Crippen molar-refractivity contribution >= 4 is 44.8 Å². The number of carbonyl (C=O) groups is 1. The number of anilines is 1. The average molecular weight is 499 g/mol. The summed E-state index contributed by atoms with van der Waals surface area (Å²) in [6, 6.07) is 10.3. The lowest BCUT2D eigenvalue weighted by molar-refractivity contribution is 0.0775. The van der Waals surface area contributed by atoms with E-state index in [9.17, 15) is 13.2 Å². The van der Waals surface area contributed by atoms with Crippen LogP contribution in [0.2, 0.25) is 10.0 Å². The predicted octanol–water partition coefficient (Wildman–Crippen LogP) is 4.68. The first kappa shape index (κ1) is 23.8. The molecule has 170 valence electrons. The van der Waals surface area contributed by atoms with Crippen LogP contribution in [0.5, 0.6) is 11.5 Å². The fourth-order valence-electron chi connectivity index (χ4n) is 2.91. The molecule has 0 radical (unpaired) electrons. The predicted molar refractivity (Wildman–Crippen MR) is 121 cm³/mol. The smallest absolute Gasteiger partial charge is 0.263 e. The Morgan fingerprint density at radius 2 is 1.78 bits per heavy atom. The fraction of sp³-hybridized carbons (Fsp3) is 0.190. The quantitative estimate of drug-likeness (QED) is 0.484. The fourth-order valence-corrected chi connectivity index (χ4v) is 4.74. The van der Waals surface area contributed by atoms with Gasteiger partial charge in [0.05, 0.1) is 42.8 Å². The van der Waals surface area contributed by atoms with Gasteiger partial charge < -0.3 is 18.8 Å². The van der Waals surface area contributed by atoms with Crippen LogP contribution >= 0.6 is 23.2 Å². The Balaban J connectivity index is 1.92. The molecule has 11 heteroatoms. The van der Waals surface area contributed by atoms with Crippen molar-refractivity contribution in [1.82, 2.24) is 4.90 Å². The molecule has 0 aliphatic carbocycles. The summed E-state index contributed by atoms with van der Waals surface area (Å²) in [5.74, 6) is 0.695. The molecule has 0 bridgehead atoms. The summed E-state index contributed by atoms with van der Waals surface area (Å²) in [6.07, 6.45) is 1.51. The summed E-state index contributed by atoms with van der Waals surface area (Å²) < 4.78 is 44.2. The van der Waals surface area contributed by atoms with Crippen LogP contribution in [0.1, 0.15) is 16.1 Å². The summed E-state index contributed by atoms with van der Waals surface area (Å²) >= 11 is 12.3. The zero-order valence-electron chi connectivity index (χ0n) is 17.4. The van der Waals surface area contributed by atoms with E-state index in [4.69, 9.17) is 37.1 Å². The second kappa shape index (κ2) is 9.72. The second-order valence-electron chi connectivity index (χ2n) is 6.68. The third-order valence-corrected chi connectivity index (χ3v) is 6.65. The number of halogens is 2. The van der Waals surface area contributed by atoms with Crippen LogP contribution in [0.3, 0.4) is 0 Å². The van der Waals surface area contributed by atoms with Crippen molar-refractivity contribution in [3.05, 3.63) is 70.1 Å². The van der Waals surface area contributed by atoms with Gasteiger partial charge in [-0.15, -0.1) is 0 Å². The molecule has 0 atom stereocenters. The van der Waals surface area contributed by atoms with E-state index < -0.39 is 15.9 Å². The molecule has 32 heavy (non-hydrogen) atoms. The number of sulfonamides is 1. The molecular weight excluding hydrogens is 479 g/mol. The number of amides is 1. The molecule has 8 nitrogen and oxygen atoms in total. The zero-order valence-corrected chi connectivity index (χ0v) is 19.7. The SMILES string of the molecule is COc1cc(OC)c(NS(=O)(=O)c2cc(C(=O)N(C)Cc3ccco3)ccc2Cl)cc1Cl. The molecule has 1 N–H and O–H groups in total. The van der Waals surface area contributed by atoms with Crippen LogP contribution in [-0.4, -0.2) is 40.5 Å². The van der Waals surface area contributed by atoms with E-state index >= 15 is 0 Å². The Hall–Kier alpha value is -2.88. The van der Waals surface area contributed by atoms with Crippen molar-refractivity contribution in [2.45, 2.75) is 11.4 Å². The number of methoxy groups -OCH3 is 2. The molecule has 2 aromatic carbocycles. The lowest BCUT2D eigenvalue weighted by atomic mass is 10.2. The first-order chi connectivity index (χ1) is 15.2. The molecule has 0 saturated heterocycles. The van der Waals surface area contributed by atoms with Crippen LogP contribution in [0.4, 0.5) is 5.69 Å². The molecule has 0 spiro atoms. The number of hydrogen-bond acceptors (Lipinski definition) is 6. The average Bonchev–Trinajstić information content (AvgIpc) is 3.26. The van der Waals surface area contributed by atoms with Gasteiger partial charge in [-0.05, 0) is 36.4 Å². The van der Waals surface area contributed by atoms with Crippen molar-refractivity contribution in [2.75, 3.05) is 26.0 Å². The normalized spacial score (nSPS) is 11.2. The van der Waals surface area contributed by atoms with E-state index in [-0.39, 0.29) is 38.5 Å². The zero-order chi connectivity index (χ0) is 23.5.